The van der Waals surface area contributed by atoms with Gasteiger partial charge in [0.1, 0.15) is 0 Å². The van der Waals surface area contributed by atoms with Crippen molar-refractivity contribution in [2.24, 2.45) is 0 Å². The van der Waals surface area contributed by atoms with Gasteiger partial charge in [-0.05, 0) is 18.2 Å². The maximum Gasteiger partial charge on any atom is 0.442 e. The molecular formula is C14H10F3NO3S. The summed E-state index contributed by atoms with van der Waals surface area (Å²) in [5, 5.41) is 10.4. The zero-order valence-electron chi connectivity index (χ0n) is 10.9. The number of rotatable bonds is 1. The average Bonchev–Trinajstić information content (AvgIpc) is 2.65. The summed E-state index contributed by atoms with van der Waals surface area (Å²) in [6.45, 7) is 0. The van der Waals surface area contributed by atoms with Crippen molar-refractivity contribution in [2.45, 2.75) is 16.8 Å². The van der Waals surface area contributed by atoms with Crippen LogP contribution in [0.15, 0.2) is 59.5 Å². The Labute approximate surface area is 124 Å². The Morgan fingerprint density at radius 3 is 2.09 bits per heavy atom. The van der Waals surface area contributed by atoms with Crippen molar-refractivity contribution in [1.29, 1.82) is 0 Å². The van der Waals surface area contributed by atoms with E-state index in [4.69, 9.17) is 0 Å². The lowest BCUT2D eigenvalue weighted by Crippen LogP contribution is -2.54. The highest BCUT2D eigenvalue weighted by atomic mass is 32.2. The second-order valence-electron chi connectivity index (χ2n) is 4.77. The van der Waals surface area contributed by atoms with E-state index in [1.165, 1.54) is 42.5 Å². The van der Waals surface area contributed by atoms with Crippen molar-refractivity contribution < 1.29 is 26.7 Å². The van der Waals surface area contributed by atoms with Crippen molar-refractivity contribution >= 4 is 15.7 Å². The molecule has 1 heterocycles. The average molecular weight is 329 g/mol. The Kier molecular flexibility index (Phi) is 3.02. The molecule has 0 spiro atoms. The largest absolute Gasteiger partial charge is 0.442 e. The summed E-state index contributed by atoms with van der Waals surface area (Å²) >= 11 is 0. The van der Waals surface area contributed by atoms with Gasteiger partial charge in [-0.1, -0.05) is 36.4 Å². The van der Waals surface area contributed by atoms with Gasteiger partial charge < -0.3 is 5.11 Å². The summed E-state index contributed by atoms with van der Waals surface area (Å²) in [5.74, 6) is 0. The van der Waals surface area contributed by atoms with E-state index in [0.29, 0.717) is 0 Å². The topological polar surface area (TPSA) is 57.6 Å². The summed E-state index contributed by atoms with van der Waals surface area (Å²) in [7, 11) is -4.53. The molecule has 1 atom stereocenters. The van der Waals surface area contributed by atoms with Gasteiger partial charge in [0.15, 0.2) is 0 Å². The molecule has 0 fully saturated rings. The van der Waals surface area contributed by atoms with Crippen LogP contribution in [-0.2, 0) is 15.7 Å². The first kappa shape index (κ1) is 14.9. The van der Waals surface area contributed by atoms with Crippen LogP contribution in [0.3, 0.4) is 0 Å². The number of benzene rings is 2. The predicted octanol–water partition coefficient (Wildman–Crippen LogP) is 2.60. The van der Waals surface area contributed by atoms with E-state index in [1.54, 1.807) is 0 Å². The number of aliphatic hydroxyl groups is 1. The monoisotopic (exact) mass is 329 g/mol. The molecule has 0 amide bonds. The normalized spacial score (nSPS) is 23.4. The SMILES string of the molecule is O=S1(=O)c2ccccc2C(O)(C(F)(F)F)N1c1ccccc1. The molecule has 1 N–H and O–H groups in total. The molecule has 0 bridgehead atoms. The zero-order chi connectivity index (χ0) is 16.2. The fraction of sp³-hybridized carbons (Fsp3) is 0.143. The summed E-state index contributed by atoms with van der Waals surface area (Å²) in [6, 6.07) is 11.3. The third-order valence-electron chi connectivity index (χ3n) is 3.46. The molecule has 1 aliphatic heterocycles. The standard InChI is InChI=1S/C14H10F3NO3S/c15-14(16,17)13(19)11-8-4-5-9-12(11)22(20,21)18(13)10-6-2-1-3-7-10/h1-9,19H. The highest BCUT2D eigenvalue weighted by Crippen LogP contribution is 2.52. The molecule has 2 aromatic rings. The molecule has 4 nitrogen and oxygen atoms in total. The molecule has 0 saturated heterocycles. The molecule has 0 aliphatic carbocycles. The van der Waals surface area contributed by atoms with Crippen molar-refractivity contribution in [2.75, 3.05) is 4.31 Å². The number of fused-ring (bicyclic) bond motifs is 1. The molecule has 0 radical (unpaired) electrons. The first-order valence-electron chi connectivity index (χ1n) is 6.20. The Hall–Kier alpha value is -2.06. The quantitative estimate of drug-likeness (QED) is 0.875. The van der Waals surface area contributed by atoms with Gasteiger partial charge in [0.2, 0.25) is 0 Å². The molecule has 2 aromatic carbocycles. The van der Waals surface area contributed by atoms with Crippen molar-refractivity contribution in [1.82, 2.24) is 0 Å². The van der Waals surface area contributed by atoms with E-state index in [1.807, 2.05) is 0 Å². The summed E-state index contributed by atoms with van der Waals surface area (Å²) in [6.07, 6.45) is -5.21. The van der Waals surface area contributed by atoms with Crippen molar-refractivity contribution in [3.63, 3.8) is 0 Å². The minimum absolute atomic E-state index is 0.0185. The number of para-hydroxylation sites is 1. The lowest BCUT2D eigenvalue weighted by molar-refractivity contribution is -0.260. The Morgan fingerprint density at radius 2 is 1.50 bits per heavy atom. The van der Waals surface area contributed by atoms with Gasteiger partial charge in [-0.15, -0.1) is 0 Å². The maximum absolute atomic E-state index is 13.5. The third-order valence-corrected chi connectivity index (χ3v) is 5.33. The minimum atomic E-state index is -5.21. The first-order valence-corrected chi connectivity index (χ1v) is 7.64. The number of anilines is 1. The fourth-order valence-corrected chi connectivity index (χ4v) is 4.40. The smallest absolute Gasteiger partial charge is 0.359 e. The van der Waals surface area contributed by atoms with E-state index in [9.17, 15) is 26.7 Å². The molecule has 1 aliphatic rings. The van der Waals surface area contributed by atoms with Crippen LogP contribution in [0.2, 0.25) is 0 Å². The number of hydrogen-bond acceptors (Lipinski definition) is 3. The van der Waals surface area contributed by atoms with Gasteiger partial charge in [0, 0.05) is 5.56 Å². The van der Waals surface area contributed by atoms with Crippen LogP contribution in [0.5, 0.6) is 0 Å². The first-order chi connectivity index (χ1) is 10.2. The summed E-state index contributed by atoms with van der Waals surface area (Å²) in [4.78, 5) is -0.557. The Morgan fingerprint density at radius 1 is 0.955 bits per heavy atom. The molecule has 22 heavy (non-hydrogen) atoms. The molecule has 0 saturated carbocycles. The molecule has 116 valence electrons. The maximum atomic E-state index is 13.5. The number of halogens is 3. The van der Waals surface area contributed by atoms with E-state index < -0.39 is 32.4 Å². The fourth-order valence-electron chi connectivity index (χ4n) is 2.52. The Bertz CT molecular complexity index is 821. The minimum Gasteiger partial charge on any atom is -0.359 e. The predicted molar refractivity (Wildman–Crippen MR) is 72.5 cm³/mol. The number of hydrogen-bond donors (Lipinski definition) is 1. The van der Waals surface area contributed by atoms with E-state index >= 15 is 0 Å². The van der Waals surface area contributed by atoms with Gasteiger partial charge in [0.05, 0.1) is 10.6 Å². The van der Waals surface area contributed by atoms with Crippen LogP contribution >= 0.6 is 0 Å². The van der Waals surface area contributed by atoms with Gasteiger partial charge in [0.25, 0.3) is 15.7 Å². The van der Waals surface area contributed by atoms with Crippen LogP contribution in [0.4, 0.5) is 18.9 Å². The lowest BCUT2D eigenvalue weighted by atomic mass is 10.0. The van der Waals surface area contributed by atoms with Gasteiger partial charge in [-0.3, -0.25) is 0 Å². The second kappa shape index (κ2) is 4.47. The van der Waals surface area contributed by atoms with Crippen LogP contribution in [0.1, 0.15) is 5.56 Å². The van der Waals surface area contributed by atoms with E-state index in [-0.39, 0.29) is 9.99 Å². The molecule has 1 unspecified atom stereocenters. The summed E-state index contributed by atoms with van der Waals surface area (Å²) in [5.41, 5.74) is -4.60. The number of nitrogens with zero attached hydrogens (tertiary/aromatic N) is 1. The van der Waals surface area contributed by atoms with Crippen LogP contribution in [0.25, 0.3) is 0 Å². The number of alkyl halides is 3. The molecule has 0 aromatic heterocycles. The van der Waals surface area contributed by atoms with Crippen molar-refractivity contribution in [3.05, 3.63) is 60.2 Å². The Balaban J connectivity index is 2.39. The van der Waals surface area contributed by atoms with Gasteiger partial charge in [-0.25, -0.2) is 12.7 Å². The van der Waals surface area contributed by atoms with E-state index in [0.717, 1.165) is 12.1 Å². The number of sulfonamides is 1. The van der Waals surface area contributed by atoms with Gasteiger partial charge in [-0.2, -0.15) is 13.2 Å². The van der Waals surface area contributed by atoms with Crippen molar-refractivity contribution in [3.8, 4) is 0 Å². The van der Waals surface area contributed by atoms with Crippen LogP contribution in [-0.4, -0.2) is 19.7 Å². The van der Waals surface area contributed by atoms with E-state index in [2.05, 4.69) is 0 Å². The molecule has 8 heteroatoms. The van der Waals surface area contributed by atoms with Gasteiger partial charge >= 0.3 is 6.18 Å². The zero-order valence-corrected chi connectivity index (χ0v) is 11.8. The lowest BCUT2D eigenvalue weighted by Gasteiger charge is -2.35. The highest BCUT2D eigenvalue weighted by molar-refractivity contribution is 7.93. The molecule has 3 rings (SSSR count). The second-order valence-corrected chi connectivity index (χ2v) is 6.53. The van der Waals surface area contributed by atoms with Crippen LogP contribution < -0.4 is 4.31 Å². The third kappa shape index (κ3) is 1.77. The summed E-state index contributed by atoms with van der Waals surface area (Å²) < 4.78 is 65.7. The molecular weight excluding hydrogens is 319 g/mol. The highest BCUT2D eigenvalue weighted by Gasteiger charge is 2.68. The van der Waals surface area contributed by atoms with Crippen LogP contribution in [0, 0.1) is 0 Å².